The molecule has 0 radical (unpaired) electrons. The summed E-state index contributed by atoms with van der Waals surface area (Å²) in [7, 11) is 2.23. The molecule has 0 bridgehead atoms. The van der Waals surface area contributed by atoms with Gasteiger partial charge >= 0.3 is 0 Å². The van der Waals surface area contributed by atoms with E-state index in [1.165, 1.54) is 38.6 Å². The molecule has 0 saturated heterocycles. The first-order valence-corrected chi connectivity index (χ1v) is 7.26. The molecule has 1 fully saturated rings. The van der Waals surface area contributed by atoms with E-state index < -0.39 is 0 Å². The van der Waals surface area contributed by atoms with Crippen LogP contribution in [0.2, 0.25) is 0 Å². The third kappa shape index (κ3) is 6.39. The van der Waals surface area contributed by atoms with Crippen LogP contribution in [0.1, 0.15) is 45.4 Å². The molecule has 0 aromatic heterocycles. The second kappa shape index (κ2) is 8.90. The predicted molar refractivity (Wildman–Crippen MR) is 73.2 cm³/mol. The predicted octanol–water partition coefficient (Wildman–Crippen LogP) is 2.25. The second-order valence-electron chi connectivity index (χ2n) is 5.37. The number of hydrogen-bond acceptors (Lipinski definition) is 3. The highest BCUT2D eigenvalue weighted by atomic mass is 16.5. The molecule has 3 nitrogen and oxygen atoms in total. The van der Waals surface area contributed by atoms with E-state index in [1.54, 1.807) is 0 Å². The standard InChI is InChI=1S/C14H30N2O/c1-3-17-14(11-15)9-10-16(2)12-13-7-5-4-6-8-13/h13-14H,3-12,15H2,1-2H3. The fourth-order valence-corrected chi connectivity index (χ4v) is 2.77. The van der Waals surface area contributed by atoms with E-state index >= 15 is 0 Å². The first-order chi connectivity index (χ1) is 8.26. The van der Waals surface area contributed by atoms with Crippen LogP contribution in [0.15, 0.2) is 0 Å². The third-order valence-corrected chi connectivity index (χ3v) is 3.79. The van der Waals surface area contributed by atoms with Crippen LogP contribution < -0.4 is 5.73 Å². The molecule has 0 amide bonds. The first kappa shape index (κ1) is 14.9. The van der Waals surface area contributed by atoms with E-state index in [0.717, 1.165) is 25.5 Å². The van der Waals surface area contributed by atoms with E-state index in [4.69, 9.17) is 10.5 Å². The maximum atomic E-state index is 5.69. The van der Waals surface area contributed by atoms with Gasteiger partial charge in [-0.15, -0.1) is 0 Å². The van der Waals surface area contributed by atoms with E-state index in [1.807, 2.05) is 6.92 Å². The molecule has 1 aliphatic carbocycles. The van der Waals surface area contributed by atoms with Crippen molar-refractivity contribution in [2.45, 2.75) is 51.6 Å². The molecule has 1 saturated carbocycles. The molecule has 102 valence electrons. The number of rotatable bonds is 8. The number of nitrogens with zero attached hydrogens (tertiary/aromatic N) is 1. The Bertz CT molecular complexity index is 181. The van der Waals surface area contributed by atoms with Crippen LogP contribution in [0.3, 0.4) is 0 Å². The topological polar surface area (TPSA) is 38.5 Å². The van der Waals surface area contributed by atoms with Crippen LogP contribution in [0.5, 0.6) is 0 Å². The van der Waals surface area contributed by atoms with Crippen LogP contribution in [0, 0.1) is 5.92 Å². The van der Waals surface area contributed by atoms with Gasteiger partial charge in [0.25, 0.3) is 0 Å². The molecule has 0 aromatic rings. The molecule has 2 N–H and O–H groups in total. The van der Waals surface area contributed by atoms with Crippen LogP contribution in [0.4, 0.5) is 0 Å². The second-order valence-corrected chi connectivity index (χ2v) is 5.37. The number of ether oxygens (including phenoxy) is 1. The van der Waals surface area contributed by atoms with Crippen molar-refractivity contribution in [3.05, 3.63) is 0 Å². The van der Waals surface area contributed by atoms with Gasteiger partial charge < -0.3 is 15.4 Å². The Morgan fingerprint density at radius 2 is 2.00 bits per heavy atom. The summed E-state index contributed by atoms with van der Waals surface area (Å²) >= 11 is 0. The summed E-state index contributed by atoms with van der Waals surface area (Å²) in [6, 6.07) is 0. The van der Waals surface area contributed by atoms with E-state index in [9.17, 15) is 0 Å². The van der Waals surface area contributed by atoms with Gasteiger partial charge in [0.15, 0.2) is 0 Å². The normalized spacial score (nSPS) is 19.8. The summed E-state index contributed by atoms with van der Waals surface area (Å²) in [6.07, 6.45) is 8.47. The molecule has 0 heterocycles. The SMILES string of the molecule is CCOC(CN)CCN(C)CC1CCCCC1. The maximum absolute atomic E-state index is 5.69. The minimum atomic E-state index is 0.244. The highest BCUT2D eigenvalue weighted by molar-refractivity contribution is 4.70. The Morgan fingerprint density at radius 1 is 1.29 bits per heavy atom. The van der Waals surface area contributed by atoms with E-state index in [2.05, 4.69) is 11.9 Å². The summed E-state index contributed by atoms with van der Waals surface area (Å²) in [4.78, 5) is 2.46. The lowest BCUT2D eigenvalue weighted by molar-refractivity contribution is 0.0547. The smallest absolute Gasteiger partial charge is 0.0709 e. The largest absolute Gasteiger partial charge is 0.377 e. The average Bonchev–Trinajstić information content (AvgIpc) is 2.35. The minimum Gasteiger partial charge on any atom is -0.377 e. The molecule has 3 heteroatoms. The van der Waals surface area contributed by atoms with Gasteiger partial charge in [0, 0.05) is 26.2 Å². The lowest BCUT2D eigenvalue weighted by Gasteiger charge is -2.28. The fraction of sp³-hybridized carbons (Fsp3) is 1.00. The van der Waals surface area contributed by atoms with Crippen LogP contribution in [-0.2, 0) is 4.74 Å². The minimum absolute atomic E-state index is 0.244. The molecular formula is C14H30N2O. The van der Waals surface area contributed by atoms with Crippen molar-refractivity contribution in [2.24, 2.45) is 11.7 Å². The van der Waals surface area contributed by atoms with Crippen molar-refractivity contribution in [3.8, 4) is 0 Å². The first-order valence-electron chi connectivity index (χ1n) is 7.26. The van der Waals surface area contributed by atoms with Crippen molar-refractivity contribution in [3.63, 3.8) is 0 Å². The Hall–Kier alpha value is -0.120. The summed E-state index contributed by atoms with van der Waals surface area (Å²) in [5, 5.41) is 0. The van der Waals surface area contributed by atoms with Crippen molar-refractivity contribution in [1.29, 1.82) is 0 Å². The highest BCUT2D eigenvalue weighted by Crippen LogP contribution is 2.24. The van der Waals surface area contributed by atoms with Gasteiger partial charge in [-0.05, 0) is 39.2 Å². The number of nitrogens with two attached hydrogens (primary N) is 1. The van der Waals surface area contributed by atoms with Gasteiger partial charge in [-0.2, -0.15) is 0 Å². The van der Waals surface area contributed by atoms with Gasteiger partial charge in [-0.25, -0.2) is 0 Å². The molecule has 17 heavy (non-hydrogen) atoms. The monoisotopic (exact) mass is 242 g/mol. The van der Waals surface area contributed by atoms with E-state index in [-0.39, 0.29) is 6.10 Å². The van der Waals surface area contributed by atoms with Gasteiger partial charge in [-0.3, -0.25) is 0 Å². The molecule has 1 atom stereocenters. The lowest BCUT2D eigenvalue weighted by Crippen LogP contribution is -2.32. The summed E-state index contributed by atoms with van der Waals surface area (Å²) < 4.78 is 5.58. The third-order valence-electron chi connectivity index (χ3n) is 3.79. The quantitative estimate of drug-likeness (QED) is 0.709. The average molecular weight is 242 g/mol. The van der Waals surface area contributed by atoms with E-state index in [0.29, 0.717) is 6.54 Å². The maximum Gasteiger partial charge on any atom is 0.0709 e. The molecule has 1 unspecified atom stereocenters. The van der Waals surface area contributed by atoms with Crippen molar-refractivity contribution < 1.29 is 4.74 Å². The summed E-state index contributed by atoms with van der Waals surface area (Å²) in [6.45, 7) is 5.81. The summed E-state index contributed by atoms with van der Waals surface area (Å²) in [5.74, 6) is 0.928. The summed E-state index contributed by atoms with van der Waals surface area (Å²) in [5.41, 5.74) is 5.69. The van der Waals surface area contributed by atoms with Crippen LogP contribution in [0.25, 0.3) is 0 Å². The molecule has 1 rings (SSSR count). The van der Waals surface area contributed by atoms with Gasteiger partial charge in [0.1, 0.15) is 0 Å². The Morgan fingerprint density at radius 3 is 2.59 bits per heavy atom. The molecule has 0 spiro atoms. The van der Waals surface area contributed by atoms with Crippen LogP contribution >= 0.6 is 0 Å². The van der Waals surface area contributed by atoms with Crippen molar-refractivity contribution >= 4 is 0 Å². The molecular weight excluding hydrogens is 212 g/mol. The Labute approximate surface area is 107 Å². The highest BCUT2D eigenvalue weighted by Gasteiger charge is 2.16. The van der Waals surface area contributed by atoms with Crippen molar-refractivity contribution in [1.82, 2.24) is 4.90 Å². The van der Waals surface area contributed by atoms with Crippen molar-refractivity contribution in [2.75, 3.05) is 33.3 Å². The Balaban J connectivity index is 2.12. The molecule has 1 aliphatic rings. The zero-order valence-electron chi connectivity index (χ0n) is 11.7. The van der Waals surface area contributed by atoms with Gasteiger partial charge in [0.05, 0.1) is 6.10 Å². The zero-order valence-corrected chi connectivity index (χ0v) is 11.7. The van der Waals surface area contributed by atoms with Gasteiger partial charge in [-0.1, -0.05) is 19.3 Å². The number of hydrogen-bond donors (Lipinski definition) is 1. The van der Waals surface area contributed by atoms with Crippen LogP contribution in [-0.4, -0.2) is 44.3 Å². The fourth-order valence-electron chi connectivity index (χ4n) is 2.77. The lowest BCUT2D eigenvalue weighted by atomic mass is 9.89. The zero-order chi connectivity index (χ0) is 12.5. The van der Waals surface area contributed by atoms with Gasteiger partial charge in [0.2, 0.25) is 0 Å². The Kier molecular flexibility index (Phi) is 7.82. The molecule has 0 aromatic carbocycles. The molecule has 0 aliphatic heterocycles.